The molecule has 0 spiro atoms. The number of hydrogen-bond acceptors (Lipinski definition) is 2. The Kier molecular flexibility index (Phi) is 3.31. The summed E-state index contributed by atoms with van der Waals surface area (Å²) in [5.74, 6) is 0. The number of hydrogen-bond donors (Lipinski definition) is 2. The van der Waals surface area contributed by atoms with Gasteiger partial charge in [-0.15, -0.1) is 0 Å². The lowest BCUT2D eigenvalue weighted by atomic mass is 10.0. The van der Waals surface area contributed by atoms with Crippen molar-refractivity contribution in [3.8, 4) is 0 Å². The number of benzene rings is 1. The van der Waals surface area contributed by atoms with Crippen LogP contribution in [0, 0.1) is 13.8 Å². The summed E-state index contributed by atoms with van der Waals surface area (Å²) in [5.41, 5.74) is 8.12. The van der Waals surface area contributed by atoms with Gasteiger partial charge in [0.05, 0.1) is 6.10 Å². The van der Waals surface area contributed by atoms with E-state index in [1.54, 1.807) is 0 Å². The molecule has 1 unspecified atom stereocenters. The predicted molar refractivity (Wildman–Crippen MR) is 54.9 cm³/mol. The molecule has 72 valence electrons. The monoisotopic (exact) mass is 199 g/mol. The Morgan fingerprint density at radius 2 is 2.08 bits per heavy atom. The average Bonchev–Trinajstić information content (AvgIpc) is 2.13. The Bertz CT molecular complexity index is 312. The summed E-state index contributed by atoms with van der Waals surface area (Å²) < 4.78 is 0. The molecular weight excluding hydrogens is 186 g/mol. The number of aliphatic hydroxyl groups excluding tert-OH is 1. The van der Waals surface area contributed by atoms with E-state index in [1.807, 2.05) is 26.0 Å². The van der Waals surface area contributed by atoms with E-state index in [1.165, 1.54) is 0 Å². The smallest absolute Gasteiger partial charge is 0.0915 e. The van der Waals surface area contributed by atoms with E-state index in [4.69, 9.17) is 17.3 Å². The van der Waals surface area contributed by atoms with Gasteiger partial charge >= 0.3 is 0 Å². The van der Waals surface area contributed by atoms with Crippen LogP contribution in [-0.4, -0.2) is 11.7 Å². The standard InChI is InChI=1S/C10H14ClNO/c1-6-3-4-8(9(13)5-12)7(2)10(6)11/h3-4,9,13H,5,12H2,1-2H3. The van der Waals surface area contributed by atoms with Crippen LogP contribution in [0.15, 0.2) is 12.1 Å². The molecule has 13 heavy (non-hydrogen) atoms. The maximum Gasteiger partial charge on any atom is 0.0915 e. The van der Waals surface area contributed by atoms with Crippen molar-refractivity contribution >= 4 is 11.6 Å². The molecule has 0 aromatic heterocycles. The lowest BCUT2D eigenvalue weighted by Crippen LogP contribution is -2.12. The first kappa shape index (κ1) is 10.5. The number of halogens is 1. The molecule has 0 aliphatic carbocycles. The third-order valence-corrected chi connectivity index (χ3v) is 2.79. The van der Waals surface area contributed by atoms with E-state index >= 15 is 0 Å². The highest BCUT2D eigenvalue weighted by Crippen LogP contribution is 2.26. The second-order valence-corrected chi connectivity index (χ2v) is 3.54. The number of aryl methyl sites for hydroxylation is 1. The lowest BCUT2D eigenvalue weighted by Gasteiger charge is -2.13. The summed E-state index contributed by atoms with van der Waals surface area (Å²) >= 11 is 6.03. The van der Waals surface area contributed by atoms with Crippen LogP contribution in [0.1, 0.15) is 22.8 Å². The fourth-order valence-corrected chi connectivity index (χ4v) is 1.50. The van der Waals surface area contributed by atoms with Gasteiger partial charge in [0, 0.05) is 11.6 Å². The third-order valence-electron chi connectivity index (χ3n) is 2.20. The molecule has 0 bridgehead atoms. The van der Waals surface area contributed by atoms with Crippen LogP contribution in [0.4, 0.5) is 0 Å². The summed E-state index contributed by atoms with van der Waals surface area (Å²) in [5, 5.41) is 10.3. The van der Waals surface area contributed by atoms with Crippen molar-refractivity contribution < 1.29 is 5.11 Å². The first-order valence-electron chi connectivity index (χ1n) is 4.21. The van der Waals surface area contributed by atoms with Gasteiger partial charge in [0.2, 0.25) is 0 Å². The van der Waals surface area contributed by atoms with Crippen LogP contribution < -0.4 is 5.73 Å². The Balaban J connectivity index is 3.18. The number of rotatable bonds is 2. The topological polar surface area (TPSA) is 46.2 Å². The summed E-state index contributed by atoms with van der Waals surface area (Å²) in [4.78, 5) is 0. The van der Waals surface area contributed by atoms with Gasteiger partial charge in [-0.05, 0) is 30.5 Å². The van der Waals surface area contributed by atoms with Crippen LogP contribution in [0.5, 0.6) is 0 Å². The van der Waals surface area contributed by atoms with Crippen LogP contribution in [0.2, 0.25) is 5.02 Å². The van der Waals surface area contributed by atoms with Gasteiger partial charge in [-0.25, -0.2) is 0 Å². The predicted octanol–water partition coefficient (Wildman–Crippen LogP) is 1.95. The molecular formula is C10H14ClNO. The quantitative estimate of drug-likeness (QED) is 0.765. The second-order valence-electron chi connectivity index (χ2n) is 3.16. The summed E-state index contributed by atoms with van der Waals surface area (Å²) in [6.07, 6.45) is -0.613. The van der Waals surface area contributed by atoms with E-state index in [2.05, 4.69) is 0 Å². The molecule has 0 aliphatic rings. The van der Waals surface area contributed by atoms with Gasteiger partial charge in [-0.2, -0.15) is 0 Å². The Morgan fingerprint density at radius 1 is 1.46 bits per heavy atom. The minimum atomic E-state index is -0.613. The largest absolute Gasteiger partial charge is 0.387 e. The average molecular weight is 200 g/mol. The number of aliphatic hydroxyl groups is 1. The van der Waals surface area contributed by atoms with Crippen molar-refractivity contribution in [3.63, 3.8) is 0 Å². The molecule has 3 N–H and O–H groups in total. The fraction of sp³-hybridized carbons (Fsp3) is 0.400. The molecule has 0 radical (unpaired) electrons. The van der Waals surface area contributed by atoms with Gasteiger partial charge in [0.25, 0.3) is 0 Å². The zero-order valence-electron chi connectivity index (χ0n) is 7.84. The van der Waals surface area contributed by atoms with Crippen LogP contribution >= 0.6 is 11.6 Å². The van der Waals surface area contributed by atoms with E-state index in [0.717, 1.165) is 16.7 Å². The SMILES string of the molecule is Cc1ccc(C(O)CN)c(C)c1Cl. The molecule has 0 heterocycles. The minimum Gasteiger partial charge on any atom is -0.387 e. The molecule has 0 fully saturated rings. The van der Waals surface area contributed by atoms with Crippen molar-refractivity contribution in [1.29, 1.82) is 0 Å². The highest BCUT2D eigenvalue weighted by molar-refractivity contribution is 6.32. The number of nitrogens with two attached hydrogens (primary N) is 1. The molecule has 0 aliphatic heterocycles. The van der Waals surface area contributed by atoms with Gasteiger partial charge in [0.15, 0.2) is 0 Å². The Morgan fingerprint density at radius 3 is 2.62 bits per heavy atom. The third kappa shape index (κ3) is 2.02. The fourth-order valence-electron chi connectivity index (χ4n) is 1.32. The van der Waals surface area contributed by atoms with E-state index in [-0.39, 0.29) is 6.54 Å². The Labute approximate surface area is 83.3 Å². The first-order chi connectivity index (χ1) is 6.07. The van der Waals surface area contributed by atoms with Crippen LogP contribution in [0.3, 0.4) is 0 Å². The van der Waals surface area contributed by atoms with Gasteiger partial charge in [0.1, 0.15) is 0 Å². The molecule has 0 saturated heterocycles. The summed E-state index contributed by atoms with van der Waals surface area (Å²) in [7, 11) is 0. The van der Waals surface area contributed by atoms with E-state index in [0.29, 0.717) is 5.02 Å². The highest BCUT2D eigenvalue weighted by Gasteiger charge is 2.11. The van der Waals surface area contributed by atoms with E-state index in [9.17, 15) is 5.11 Å². The summed E-state index contributed by atoms with van der Waals surface area (Å²) in [6, 6.07) is 3.76. The molecule has 2 nitrogen and oxygen atoms in total. The molecule has 0 saturated carbocycles. The molecule has 1 aromatic rings. The van der Waals surface area contributed by atoms with Gasteiger partial charge in [-0.3, -0.25) is 0 Å². The summed E-state index contributed by atoms with van der Waals surface area (Å²) in [6.45, 7) is 4.05. The second kappa shape index (κ2) is 4.09. The molecule has 1 aromatic carbocycles. The van der Waals surface area contributed by atoms with E-state index < -0.39 is 6.10 Å². The zero-order valence-corrected chi connectivity index (χ0v) is 8.60. The maximum absolute atomic E-state index is 9.54. The normalized spacial score (nSPS) is 13.0. The lowest BCUT2D eigenvalue weighted by molar-refractivity contribution is 0.186. The molecule has 1 rings (SSSR count). The van der Waals surface area contributed by atoms with Crippen LogP contribution in [-0.2, 0) is 0 Å². The van der Waals surface area contributed by atoms with Gasteiger partial charge < -0.3 is 10.8 Å². The first-order valence-corrected chi connectivity index (χ1v) is 4.59. The molecule has 1 atom stereocenters. The van der Waals surface area contributed by atoms with Crippen molar-refractivity contribution in [2.75, 3.05) is 6.54 Å². The minimum absolute atomic E-state index is 0.222. The highest BCUT2D eigenvalue weighted by atomic mass is 35.5. The van der Waals surface area contributed by atoms with Crippen LogP contribution in [0.25, 0.3) is 0 Å². The molecule has 0 amide bonds. The van der Waals surface area contributed by atoms with Crippen molar-refractivity contribution in [3.05, 3.63) is 33.8 Å². The maximum atomic E-state index is 9.54. The van der Waals surface area contributed by atoms with Crippen molar-refractivity contribution in [2.24, 2.45) is 5.73 Å². The Hall–Kier alpha value is -0.570. The van der Waals surface area contributed by atoms with Gasteiger partial charge in [-0.1, -0.05) is 23.7 Å². The van der Waals surface area contributed by atoms with Crippen molar-refractivity contribution in [2.45, 2.75) is 20.0 Å². The van der Waals surface area contributed by atoms with Crippen molar-refractivity contribution in [1.82, 2.24) is 0 Å². The zero-order chi connectivity index (χ0) is 10.0. The molecule has 3 heteroatoms.